The Morgan fingerprint density at radius 2 is 2.20 bits per heavy atom. The Labute approximate surface area is 120 Å². The number of alkyl carbamates (subject to hydrolysis) is 1. The maximum Gasteiger partial charge on any atom is 0.407 e. The molecule has 1 unspecified atom stereocenters. The topological polar surface area (TPSA) is 68.2 Å². The van der Waals surface area contributed by atoms with Gasteiger partial charge in [0.05, 0.1) is 5.69 Å². The Kier molecular flexibility index (Phi) is 6.01. The molecule has 0 saturated carbocycles. The van der Waals surface area contributed by atoms with Crippen LogP contribution in [0, 0.1) is 0 Å². The van der Waals surface area contributed by atoms with E-state index in [1.807, 2.05) is 45.5 Å². The van der Waals surface area contributed by atoms with E-state index in [0.29, 0.717) is 6.54 Å². The summed E-state index contributed by atoms with van der Waals surface area (Å²) in [5.41, 5.74) is 0.641. The zero-order valence-electron chi connectivity index (χ0n) is 13.1. The van der Waals surface area contributed by atoms with Gasteiger partial charge in [-0.05, 0) is 33.3 Å². The van der Waals surface area contributed by atoms with Crippen LogP contribution in [-0.4, -0.2) is 34.1 Å². The molecule has 0 spiro atoms. The van der Waals surface area contributed by atoms with Crippen LogP contribution in [0.2, 0.25) is 0 Å². The van der Waals surface area contributed by atoms with Gasteiger partial charge in [0.25, 0.3) is 0 Å². The number of aromatic nitrogens is 2. The molecular weight excluding hydrogens is 256 g/mol. The molecule has 0 radical (unpaired) electrons. The van der Waals surface area contributed by atoms with Gasteiger partial charge in [-0.3, -0.25) is 4.68 Å². The minimum Gasteiger partial charge on any atom is -0.444 e. The third-order valence-corrected chi connectivity index (χ3v) is 2.83. The predicted octanol–water partition coefficient (Wildman–Crippen LogP) is 1.81. The Morgan fingerprint density at radius 3 is 2.70 bits per heavy atom. The molecule has 1 amide bonds. The van der Waals surface area contributed by atoms with E-state index in [0.717, 1.165) is 18.7 Å². The summed E-state index contributed by atoms with van der Waals surface area (Å²) in [4.78, 5) is 11.7. The SMILES string of the molecule is CCC(CNCc1ccnn1C)NC(=O)OC(C)(C)C. The molecule has 6 nitrogen and oxygen atoms in total. The van der Waals surface area contributed by atoms with E-state index in [1.165, 1.54) is 0 Å². The van der Waals surface area contributed by atoms with Gasteiger partial charge in [0.1, 0.15) is 5.60 Å². The number of nitrogens with one attached hydrogen (secondary N) is 2. The average Bonchev–Trinajstić information content (AvgIpc) is 2.71. The highest BCUT2D eigenvalue weighted by atomic mass is 16.6. The first-order chi connectivity index (χ1) is 9.31. The number of carbonyl (C=O) groups excluding carboxylic acids is 1. The van der Waals surface area contributed by atoms with Crippen molar-refractivity contribution in [1.29, 1.82) is 0 Å². The third kappa shape index (κ3) is 6.06. The normalized spacial score (nSPS) is 13.1. The van der Waals surface area contributed by atoms with Crippen LogP contribution in [0.3, 0.4) is 0 Å². The molecule has 0 aliphatic heterocycles. The molecule has 1 aromatic heterocycles. The quantitative estimate of drug-likeness (QED) is 0.835. The van der Waals surface area contributed by atoms with E-state index in [4.69, 9.17) is 4.74 Å². The van der Waals surface area contributed by atoms with Crippen molar-refractivity contribution >= 4 is 6.09 Å². The van der Waals surface area contributed by atoms with Crippen molar-refractivity contribution in [3.05, 3.63) is 18.0 Å². The van der Waals surface area contributed by atoms with Gasteiger partial charge in [0, 0.05) is 32.4 Å². The molecular formula is C14H26N4O2. The van der Waals surface area contributed by atoms with Gasteiger partial charge < -0.3 is 15.4 Å². The van der Waals surface area contributed by atoms with Crippen LogP contribution in [0.25, 0.3) is 0 Å². The fraction of sp³-hybridized carbons (Fsp3) is 0.714. The second-order valence-electron chi connectivity index (χ2n) is 5.83. The van der Waals surface area contributed by atoms with Crippen molar-refractivity contribution in [1.82, 2.24) is 20.4 Å². The highest BCUT2D eigenvalue weighted by Crippen LogP contribution is 2.07. The summed E-state index contributed by atoms with van der Waals surface area (Å²) in [6.07, 6.45) is 2.25. The fourth-order valence-corrected chi connectivity index (χ4v) is 1.72. The predicted molar refractivity (Wildman–Crippen MR) is 78.4 cm³/mol. The Hall–Kier alpha value is -1.56. The van der Waals surface area contributed by atoms with Crippen LogP contribution in [-0.2, 0) is 18.3 Å². The molecule has 1 heterocycles. The van der Waals surface area contributed by atoms with Gasteiger partial charge in [0.15, 0.2) is 0 Å². The van der Waals surface area contributed by atoms with Gasteiger partial charge in [-0.2, -0.15) is 5.10 Å². The second-order valence-corrected chi connectivity index (χ2v) is 5.83. The molecule has 0 saturated heterocycles. The molecule has 0 aliphatic carbocycles. The standard InChI is InChI=1S/C14H26N4O2/c1-6-11(17-13(19)20-14(2,3)4)9-15-10-12-7-8-16-18(12)5/h7-8,11,15H,6,9-10H2,1-5H3,(H,17,19). The van der Waals surface area contributed by atoms with Crippen molar-refractivity contribution in [2.45, 2.75) is 52.3 Å². The molecule has 2 N–H and O–H groups in total. The molecule has 0 aliphatic rings. The minimum absolute atomic E-state index is 0.0538. The van der Waals surface area contributed by atoms with E-state index in [9.17, 15) is 4.79 Å². The highest BCUT2D eigenvalue weighted by Gasteiger charge is 2.18. The van der Waals surface area contributed by atoms with Gasteiger partial charge in [0.2, 0.25) is 0 Å². The lowest BCUT2D eigenvalue weighted by molar-refractivity contribution is 0.0502. The summed E-state index contributed by atoms with van der Waals surface area (Å²) in [5.74, 6) is 0. The first-order valence-corrected chi connectivity index (χ1v) is 6.99. The van der Waals surface area contributed by atoms with E-state index in [2.05, 4.69) is 15.7 Å². The Morgan fingerprint density at radius 1 is 1.50 bits per heavy atom. The Bertz CT molecular complexity index is 423. The van der Waals surface area contributed by atoms with Crippen LogP contribution in [0.15, 0.2) is 12.3 Å². The zero-order valence-corrected chi connectivity index (χ0v) is 13.1. The summed E-state index contributed by atoms with van der Waals surface area (Å²) < 4.78 is 7.08. The number of aryl methyl sites for hydroxylation is 1. The van der Waals surface area contributed by atoms with Crippen molar-refractivity contribution in [2.24, 2.45) is 7.05 Å². The number of ether oxygens (including phenoxy) is 1. The summed E-state index contributed by atoms with van der Waals surface area (Å²) in [6.45, 7) is 9.02. The number of nitrogens with zero attached hydrogens (tertiary/aromatic N) is 2. The molecule has 114 valence electrons. The number of amides is 1. The van der Waals surface area contributed by atoms with Crippen molar-refractivity contribution in [3.8, 4) is 0 Å². The van der Waals surface area contributed by atoms with Crippen LogP contribution < -0.4 is 10.6 Å². The zero-order chi connectivity index (χ0) is 15.2. The molecule has 0 fully saturated rings. The lowest BCUT2D eigenvalue weighted by Crippen LogP contribution is -2.43. The van der Waals surface area contributed by atoms with Crippen LogP contribution in [0.4, 0.5) is 4.79 Å². The van der Waals surface area contributed by atoms with E-state index in [-0.39, 0.29) is 12.1 Å². The highest BCUT2D eigenvalue weighted by molar-refractivity contribution is 5.68. The largest absolute Gasteiger partial charge is 0.444 e. The molecule has 0 aromatic carbocycles. The van der Waals surface area contributed by atoms with E-state index in [1.54, 1.807) is 6.20 Å². The second kappa shape index (κ2) is 7.28. The van der Waals surface area contributed by atoms with Gasteiger partial charge in [-0.1, -0.05) is 6.92 Å². The fourth-order valence-electron chi connectivity index (χ4n) is 1.72. The van der Waals surface area contributed by atoms with E-state index < -0.39 is 5.60 Å². The van der Waals surface area contributed by atoms with Gasteiger partial charge in [-0.15, -0.1) is 0 Å². The maximum atomic E-state index is 11.7. The summed E-state index contributed by atoms with van der Waals surface area (Å²) >= 11 is 0. The van der Waals surface area contributed by atoms with E-state index >= 15 is 0 Å². The smallest absolute Gasteiger partial charge is 0.407 e. The van der Waals surface area contributed by atoms with Crippen LogP contribution in [0.1, 0.15) is 39.8 Å². The molecule has 1 atom stereocenters. The monoisotopic (exact) mass is 282 g/mol. The average molecular weight is 282 g/mol. The maximum absolute atomic E-state index is 11.7. The molecule has 1 aromatic rings. The number of hydrogen-bond donors (Lipinski definition) is 2. The van der Waals surface area contributed by atoms with Gasteiger partial charge >= 0.3 is 6.09 Å². The summed E-state index contributed by atoms with van der Waals surface area (Å²) in [6, 6.07) is 2.02. The first kappa shape index (κ1) is 16.5. The summed E-state index contributed by atoms with van der Waals surface area (Å²) in [5, 5.41) is 10.3. The van der Waals surface area contributed by atoms with Crippen LogP contribution in [0.5, 0.6) is 0 Å². The lowest BCUT2D eigenvalue weighted by Gasteiger charge is -2.23. The number of hydrogen-bond acceptors (Lipinski definition) is 4. The molecule has 1 rings (SSSR count). The Balaban J connectivity index is 2.32. The molecule has 20 heavy (non-hydrogen) atoms. The minimum atomic E-state index is -0.468. The van der Waals surface area contributed by atoms with Crippen molar-refractivity contribution < 1.29 is 9.53 Å². The molecule has 6 heteroatoms. The summed E-state index contributed by atoms with van der Waals surface area (Å²) in [7, 11) is 1.91. The number of rotatable bonds is 6. The lowest BCUT2D eigenvalue weighted by atomic mass is 10.2. The van der Waals surface area contributed by atoms with Gasteiger partial charge in [-0.25, -0.2) is 4.79 Å². The third-order valence-electron chi connectivity index (χ3n) is 2.83. The number of carbonyl (C=O) groups is 1. The molecule has 0 bridgehead atoms. The first-order valence-electron chi connectivity index (χ1n) is 6.99. The van der Waals surface area contributed by atoms with Crippen molar-refractivity contribution in [2.75, 3.05) is 6.54 Å². The van der Waals surface area contributed by atoms with Crippen LogP contribution >= 0.6 is 0 Å². The van der Waals surface area contributed by atoms with Crippen molar-refractivity contribution in [3.63, 3.8) is 0 Å².